The van der Waals surface area contributed by atoms with Gasteiger partial charge in [-0.25, -0.2) is 0 Å². The predicted octanol–water partition coefficient (Wildman–Crippen LogP) is 1.53. The number of carbonyl (C=O) groups is 2. The first-order valence-corrected chi connectivity index (χ1v) is 7.47. The molecule has 1 aliphatic carbocycles. The number of nitrogens with zero attached hydrogens (tertiary/aromatic N) is 2. The molecule has 5 heteroatoms. The van der Waals surface area contributed by atoms with E-state index in [9.17, 15) is 9.59 Å². The van der Waals surface area contributed by atoms with Crippen molar-refractivity contribution in [1.82, 2.24) is 9.80 Å². The van der Waals surface area contributed by atoms with Crippen molar-refractivity contribution >= 4 is 11.9 Å². The van der Waals surface area contributed by atoms with Crippen molar-refractivity contribution in [2.75, 3.05) is 33.7 Å². The summed E-state index contributed by atoms with van der Waals surface area (Å²) in [5.41, 5.74) is 0. The smallest absolute Gasteiger partial charge is 0.306 e. The molecule has 0 radical (unpaired) electrons. The van der Waals surface area contributed by atoms with Gasteiger partial charge in [-0.15, -0.1) is 0 Å². The molecule has 2 atom stereocenters. The van der Waals surface area contributed by atoms with E-state index < -0.39 is 5.97 Å². The molecule has 1 saturated carbocycles. The molecule has 0 heterocycles. The van der Waals surface area contributed by atoms with Crippen molar-refractivity contribution in [3.63, 3.8) is 0 Å². The second kappa shape index (κ2) is 7.62. The Morgan fingerprint density at radius 3 is 2.20 bits per heavy atom. The molecule has 0 aromatic rings. The zero-order chi connectivity index (χ0) is 15.3. The number of carboxylic acid groups (broad SMARTS) is 1. The first-order valence-electron chi connectivity index (χ1n) is 7.47. The lowest BCUT2D eigenvalue weighted by molar-refractivity contribution is -0.141. The van der Waals surface area contributed by atoms with Crippen molar-refractivity contribution in [2.24, 2.45) is 17.8 Å². The first kappa shape index (κ1) is 17.0. The lowest BCUT2D eigenvalue weighted by Gasteiger charge is -2.28. The molecular weight excluding hydrogens is 256 g/mol. The molecule has 0 aromatic heterocycles. The second-order valence-corrected chi connectivity index (χ2v) is 6.53. The molecule has 116 valence electrons. The van der Waals surface area contributed by atoms with Crippen LogP contribution in [0, 0.1) is 17.8 Å². The topological polar surface area (TPSA) is 60.9 Å². The van der Waals surface area contributed by atoms with Crippen molar-refractivity contribution in [3.8, 4) is 0 Å². The van der Waals surface area contributed by atoms with Gasteiger partial charge >= 0.3 is 5.97 Å². The van der Waals surface area contributed by atoms with E-state index in [1.165, 1.54) is 0 Å². The fourth-order valence-corrected chi connectivity index (χ4v) is 2.74. The maximum Gasteiger partial charge on any atom is 0.306 e. The molecule has 0 aliphatic heterocycles. The van der Waals surface area contributed by atoms with E-state index in [0.717, 1.165) is 19.6 Å². The number of aliphatic carboxylic acids is 1. The number of amides is 1. The normalized spacial score (nSPS) is 22.5. The number of carbonyl (C=O) groups excluding carboxylic acids is 1. The highest BCUT2D eigenvalue weighted by atomic mass is 16.4. The average Bonchev–Trinajstić information content (AvgIpc) is 2.82. The standard InChI is InChI=1S/C15H28N2O3/c1-11(2)10-17(8-7-16(3)4)14(18)12-5-6-13(9-12)15(19)20/h11-13H,5-10H2,1-4H3,(H,19,20)/t12-,13+/m1/s1. The van der Waals surface area contributed by atoms with Crippen LogP contribution in [0.4, 0.5) is 0 Å². The zero-order valence-electron chi connectivity index (χ0n) is 13.1. The average molecular weight is 284 g/mol. The van der Waals surface area contributed by atoms with Gasteiger partial charge in [-0.3, -0.25) is 9.59 Å². The summed E-state index contributed by atoms with van der Waals surface area (Å²) in [7, 11) is 3.99. The van der Waals surface area contributed by atoms with Crippen molar-refractivity contribution < 1.29 is 14.7 Å². The van der Waals surface area contributed by atoms with Crippen LogP contribution >= 0.6 is 0 Å². The van der Waals surface area contributed by atoms with Gasteiger partial charge in [0.05, 0.1) is 5.92 Å². The quantitative estimate of drug-likeness (QED) is 0.770. The minimum absolute atomic E-state index is 0.1000. The minimum Gasteiger partial charge on any atom is -0.481 e. The number of carboxylic acids is 1. The third-order valence-electron chi connectivity index (χ3n) is 3.85. The molecule has 20 heavy (non-hydrogen) atoms. The van der Waals surface area contributed by atoms with Crippen LogP contribution in [0.2, 0.25) is 0 Å². The molecule has 1 amide bonds. The van der Waals surface area contributed by atoms with Gasteiger partial charge in [-0.2, -0.15) is 0 Å². The van der Waals surface area contributed by atoms with E-state index in [2.05, 4.69) is 18.7 Å². The molecule has 1 aliphatic rings. The Morgan fingerprint density at radius 2 is 1.75 bits per heavy atom. The number of hydrogen-bond acceptors (Lipinski definition) is 3. The van der Waals surface area contributed by atoms with Crippen LogP contribution in [0.3, 0.4) is 0 Å². The van der Waals surface area contributed by atoms with Crippen LogP contribution in [0.1, 0.15) is 33.1 Å². The summed E-state index contributed by atoms with van der Waals surface area (Å²) in [4.78, 5) is 27.6. The molecule has 0 spiro atoms. The number of rotatable bonds is 7. The molecule has 0 unspecified atom stereocenters. The van der Waals surface area contributed by atoms with E-state index in [1.54, 1.807) is 0 Å². The number of likely N-dealkylation sites (N-methyl/N-ethyl adjacent to an activating group) is 1. The van der Waals surface area contributed by atoms with E-state index in [1.807, 2.05) is 19.0 Å². The fraction of sp³-hybridized carbons (Fsp3) is 0.867. The summed E-state index contributed by atoms with van der Waals surface area (Å²) in [5.74, 6) is -0.623. The van der Waals surface area contributed by atoms with Crippen molar-refractivity contribution in [1.29, 1.82) is 0 Å². The molecular formula is C15H28N2O3. The zero-order valence-corrected chi connectivity index (χ0v) is 13.1. The molecule has 1 fully saturated rings. The number of hydrogen-bond donors (Lipinski definition) is 1. The second-order valence-electron chi connectivity index (χ2n) is 6.53. The van der Waals surface area contributed by atoms with E-state index in [0.29, 0.717) is 25.2 Å². The highest BCUT2D eigenvalue weighted by molar-refractivity contribution is 5.81. The maximum atomic E-state index is 12.6. The maximum absolute atomic E-state index is 12.6. The lowest BCUT2D eigenvalue weighted by atomic mass is 10.0. The van der Waals surface area contributed by atoms with Crippen LogP contribution in [0.15, 0.2) is 0 Å². The van der Waals surface area contributed by atoms with Gasteiger partial charge in [-0.1, -0.05) is 13.8 Å². The Bertz CT molecular complexity index is 342. The first-order chi connectivity index (χ1) is 9.31. The van der Waals surface area contributed by atoms with Crippen molar-refractivity contribution in [3.05, 3.63) is 0 Å². The monoisotopic (exact) mass is 284 g/mol. The Morgan fingerprint density at radius 1 is 1.15 bits per heavy atom. The largest absolute Gasteiger partial charge is 0.481 e. The Kier molecular flexibility index (Phi) is 6.46. The highest BCUT2D eigenvalue weighted by Gasteiger charge is 2.35. The van der Waals surface area contributed by atoms with Gasteiger partial charge in [-0.05, 0) is 39.3 Å². The van der Waals surface area contributed by atoms with Crippen LogP contribution in [-0.2, 0) is 9.59 Å². The Hall–Kier alpha value is -1.10. The van der Waals surface area contributed by atoms with Gasteiger partial charge in [0.2, 0.25) is 5.91 Å². The third-order valence-corrected chi connectivity index (χ3v) is 3.85. The summed E-state index contributed by atoms with van der Waals surface area (Å²) >= 11 is 0. The fourth-order valence-electron chi connectivity index (χ4n) is 2.74. The van der Waals surface area contributed by atoms with Crippen LogP contribution < -0.4 is 0 Å². The molecule has 1 N–H and O–H groups in total. The van der Waals surface area contributed by atoms with Gasteiger partial charge < -0.3 is 14.9 Å². The molecule has 1 rings (SSSR count). The highest BCUT2D eigenvalue weighted by Crippen LogP contribution is 2.32. The van der Waals surface area contributed by atoms with Crippen LogP contribution in [-0.4, -0.2) is 60.5 Å². The summed E-state index contributed by atoms with van der Waals surface area (Å²) in [6.07, 6.45) is 1.85. The summed E-state index contributed by atoms with van der Waals surface area (Å²) in [5, 5.41) is 9.04. The molecule has 0 bridgehead atoms. The summed E-state index contributed by atoms with van der Waals surface area (Å²) in [6.45, 7) is 6.52. The van der Waals surface area contributed by atoms with E-state index >= 15 is 0 Å². The van der Waals surface area contributed by atoms with Gasteiger partial charge in [0.15, 0.2) is 0 Å². The summed E-state index contributed by atoms with van der Waals surface area (Å²) < 4.78 is 0. The Balaban J connectivity index is 2.60. The van der Waals surface area contributed by atoms with Crippen molar-refractivity contribution in [2.45, 2.75) is 33.1 Å². The SMILES string of the molecule is CC(C)CN(CCN(C)C)C(=O)[C@@H]1CC[C@H](C(=O)O)C1. The van der Waals surface area contributed by atoms with Gasteiger partial charge in [0.1, 0.15) is 0 Å². The van der Waals surface area contributed by atoms with Crippen LogP contribution in [0.25, 0.3) is 0 Å². The van der Waals surface area contributed by atoms with E-state index in [-0.39, 0.29) is 17.7 Å². The molecule has 5 nitrogen and oxygen atoms in total. The Labute approximate surface area is 121 Å². The minimum atomic E-state index is -0.760. The van der Waals surface area contributed by atoms with Crippen LogP contribution in [0.5, 0.6) is 0 Å². The van der Waals surface area contributed by atoms with E-state index in [4.69, 9.17) is 5.11 Å². The van der Waals surface area contributed by atoms with Gasteiger partial charge in [0, 0.05) is 25.6 Å². The summed E-state index contributed by atoms with van der Waals surface area (Å²) in [6, 6.07) is 0. The third kappa shape index (κ3) is 5.12. The van der Waals surface area contributed by atoms with Gasteiger partial charge in [0.25, 0.3) is 0 Å². The molecule has 0 saturated heterocycles. The molecule has 0 aromatic carbocycles. The lowest BCUT2D eigenvalue weighted by Crippen LogP contribution is -2.41. The predicted molar refractivity (Wildman–Crippen MR) is 78.4 cm³/mol.